The molecule has 3 heterocycles. The van der Waals surface area contributed by atoms with Crippen LogP contribution in [0.25, 0.3) is 26.1 Å². The first-order valence-corrected chi connectivity index (χ1v) is 9.03. The van der Waals surface area contributed by atoms with Gasteiger partial charge >= 0.3 is 12.0 Å². The maximum Gasteiger partial charge on any atom is 0.342 e. The van der Waals surface area contributed by atoms with Gasteiger partial charge in [-0.05, 0) is 26.2 Å². The Kier molecular flexibility index (Phi) is 4.25. The zero-order valence-corrected chi connectivity index (χ0v) is 15.5. The van der Waals surface area contributed by atoms with Crippen molar-refractivity contribution in [2.24, 2.45) is 0 Å². The van der Waals surface area contributed by atoms with Gasteiger partial charge in [0.25, 0.3) is 0 Å². The second-order valence-electron chi connectivity index (χ2n) is 6.26. The van der Waals surface area contributed by atoms with Crippen LogP contribution in [0, 0.1) is 0 Å². The van der Waals surface area contributed by atoms with E-state index in [0.29, 0.717) is 23.6 Å². The molecular formula is C18H16N4O4S. The Hall–Kier alpha value is -3.04. The van der Waals surface area contributed by atoms with Crippen molar-refractivity contribution in [1.29, 1.82) is 0 Å². The van der Waals surface area contributed by atoms with Gasteiger partial charge in [-0.3, -0.25) is 9.20 Å². The number of carboxylic acid groups (broad SMARTS) is 1. The van der Waals surface area contributed by atoms with E-state index in [1.165, 1.54) is 17.5 Å². The lowest BCUT2D eigenvalue weighted by Crippen LogP contribution is -2.21. The van der Waals surface area contributed by atoms with Crippen molar-refractivity contribution in [2.45, 2.75) is 0 Å². The maximum atomic E-state index is 12.8. The van der Waals surface area contributed by atoms with Gasteiger partial charge in [-0.2, -0.15) is 4.98 Å². The fourth-order valence-corrected chi connectivity index (χ4v) is 4.03. The van der Waals surface area contributed by atoms with Crippen LogP contribution < -0.4 is 10.2 Å². The molecule has 27 heavy (non-hydrogen) atoms. The molecule has 0 amide bonds. The van der Waals surface area contributed by atoms with Gasteiger partial charge in [0.1, 0.15) is 17.0 Å². The number of aromatic carboxylic acids is 1. The minimum atomic E-state index is -1.27. The molecule has 1 N–H and O–H groups in total. The summed E-state index contributed by atoms with van der Waals surface area (Å²) >= 11 is 1.25. The number of ether oxygens (including phenoxy) is 1. The highest BCUT2D eigenvalue weighted by Gasteiger charge is 2.22. The van der Waals surface area contributed by atoms with E-state index in [4.69, 9.17) is 4.74 Å². The van der Waals surface area contributed by atoms with Crippen LogP contribution in [-0.4, -0.2) is 57.6 Å². The van der Waals surface area contributed by atoms with Crippen molar-refractivity contribution < 1.29 is 14.6 Å². The molecule has 0 unspecified atom stereocenters. The number of fused-ring (bicyclic) bond motifs is 5. The molecule has 0 aliphatic carbocycles. The summed E-state index contributed by atoms with van der Waals surface area (Å²) < 4.78 is 8.14. The monoisotopic (exact) mass is 384 g/mol. The van der Waals surface area contributed by atoms with Gasteiger partial charge in [-0.15, -0.1) is 11.3 Å². The largest absolute Gasteiger partial charge is 0.477 e. The number of aromatic nitrogens is 3. The Morgan fingerprint density at radius 1 is 1.33 bits per heavy atom. The van der Waals surface area contributed by atoms with Crippen LogP contribution in [0.2, 0.25) is 0 Å². The third-order valence-electron chi connectivity index (χ3n) is 4.14. The third kappa shape index (κ3) is 2.90. The highest BCUT2D eigenvalue weighted by atomic mass is 32.1. The minimum absolute atomic E-state index is 0.147. The molecule has 3 aromatic heterocycles. The van der Waals surface area contributed by atoms with Crippen molar-refractivity contribution in [3.63, 3.8) is 0 Å². The quantitative estimate of drug-likeness (QED) is 0.563. The lowest BCUT2D eigenvalue weighted by Gasteiger charge is -2.10. The number of hydrogen-bond acceptors (Lipinski definition) is 7. The smallest absolute Gasteiger partial charge is 0.342 e. The Bertz CT molecular complexity index is 1250. The first kappa shape index (κ1) is 17.4. The summed E-state index contributed by atoms with van der Waals surface area (Å²) in [6.07, 6.45) is 1.33. The van der Waals surface area contributed by atoms with Crippen LogP contribution in [0.15, 0.2) is 35.3 Å². The number of hydrogen-bond donors (Lipinski definition) is 1. The van der Waals surface area contributed by atoms with Gasteiger partial charge in [0.2, 0.25) is 5.43 Å². The lowest BCUT2D eigenvalue weighted by molar-refractivity contribution is 0.0697. The average molecular weight is 384 g/mol. The molecule has 0 fully saturated rings. The van der Waals surface area contributed by atoms with Gasteiger partial charge in [0.05, 0.1) is 15.6 Å². The molecule has 138 valence electrons. The molecule has 4 rings (SSSR count). The Morgan fingerprint density at radius 2 is 2.11 bits per heavy atom. The fourth-order valence-electron chi connectivity index (χ4n) is 2.86. The van der Waals surface area contributed by atoms with E-state index in [1.807, 2.05) is 43.3 Å². The third-order valence-corrected chi connectivity index (χ3v) is 5.29. The molecule has 0 aliphatic heterocycles. The van der Waals surface area contributed by atoms with E-state index in [9.17, 15) is 14.7 Å². The topological polar surface area (TPSA) is 97.0 Å². The fraction of sp³-hybridized carbons (Fsp3) is 0.222. The van der Waals surface area contributed by atoms with Gasteiger partial charge in [-0.25, -0.2) is 9.78 Å². The Morgan fingerprint density at radius 3 is 2.85 bits per heavy atom. The highest BCUT2D eigenvalue weighted by molar-refractivity contribution is 7.24. The number of nitrogens with zero attached hydrogens (tertiary/aromatic N) is 4. The summed E-state index contributed by atoms with van der Waals surface area (Å²) in [6.45, 7) is 1.09. The molecular weight excluding hydrogens is 368 g/mol. The number of likely N-dealkylation sites (N-methyl/N-ethyl adjacent to an activating group) is 1. The van der Waals surface area contributed by atoms with E-state index in [-0.39, 0.29) is 17.0 Å². The Balaban J connectivity index is 2.03. The number of para-hydroxylation sites is 1. The molecule has 0 atom stereocenters. The van der Waals surface area contributed by atoms with E-state index < -0.39 is 11.4 Å². The number of thiazole rings is 1. The molecule has 0 saturated heterocycles. The predicted octanol–water partition coefficient (Wildman–Crippen LogP) is 2.10. The van der Waals surface area contributed by atoms with Crippen molar-refractivity contribution in [2.75, 3.05) is 27.2 Å². The number of rotatable bonds is 5. The standard InChI is InChI=1S/C18H16N4O4S/c1-21(2)7-8-26-18-19-9-10-14(23)13(17(24)25)16-22(15(10)20-18)11-5-3-4-6-12(11)27-16/h3-6,9H,7-8H2,1-2H3,(H,24,25). The summed E-state index contributed by atoms with van der Waals surface area (Å²) in [5.74, 6) is -1.27. The van der Waals surface area contributed by atoms with E-state index in [2.05, 4.69) is 9.97 Å². The van der Waals surface area contributed by atoms with Crippen LogP contribution in [0.4, 0.5) is 0 Å². The van der Waals surface area contributed by atoms with Gasteiger partial charge in [0.15, 0.2) is 5.65 Å². The predicted molar refractivity (Wildman–Crippen MR) is 103 cm³/mol. The van der Waals surface area contributed by atoms with Crippen molar-refractivity contribution >= 4 is 43.4 Å². The summed E-state index contributed by atoms with van der Waals surface area (Å²) in [5.41, 5.74) is 0.257. The SMILES string of the molecule is CN(C)CCOc1ncc2c(=O)c(C(=O)O)c3sc4ccccc4n3c2n1. The first-order chi connectivity index (χ1) is 13.0. The average Bonchev–Trinajstić information content (AvgIpc) is 3.00. The van der Waals surface area contributed by atoms with Crippen LogP contribution in [-0.2, 0) is 0 Å². The van der Waals surface area contributed by atoms with E-state index in [1.54, 1.807) is 4.40 Å². The molecule has 4 aromatic rings. The van der Waals surface area contributed by atoms with Crippen molar-refractivity contribution in [3.8, 4) is 6.01 Å². The summed E-state index contributed by atoms with van der Waals surface area (Å²) in [4.78, 5) is 35.3. The van der Waals surface area contributed by atoms with Gasteiger partial charge < -0.3 is 14.7 Å². The molecule has 0 saturated carbocycles. The van der Waals surface area contributed by atoms with E-state index >= 15 is 0 Å². The molecule has 0 aliphatic rings. The Labute approximate surface area is 157 Å². The second-order valence-corrected chi connectivity index (χ2v) is 7.29. The van der Waals surface area contributed by atoms with Crippen LogP contribution >= 0.6 is 11.3 Å². The minimum Gasteiger partial charge on any atom is -0.477 e. The van der Waals surface area contributed by atoms with Crippen LogP contribution in [0.5, 0.6) is 6.01 Å². The summed E-state index contributed by atoms with van der Waals surface area (Å²) in [5, 5.41) is 9.74. The molecule has 0 bridgehead atoms. The van der Waals surface area contributed by atoms with Gasteiger partial charge in [0, 0.05) is 12.7 Å². The number of pyridine rings is 1. The molecule has 0 spiro atoms. The van der Waals surface area contributed by atoms with Crippen molar-refractivity contribution in [3.05, 3.63) is 46.2 Å². The number of carboxylic acids is 1. The van der Waals surface area contributed by atoms with E-state index in [0.717, 1.165) is 10.2 Å². The summed E-state index contributed by atoms with van der Waals surface area (Å²) in [6, 6.07) is 7.61. The zero-order valence-electron chi connectivity index (χ0n) is 14.7. The summed E-state index contributed by atoms with van der Waals surface area (Å²) in [7, 11) is 3.86. The number of benzene rings is 1. The normalized spacial score (nSPS) is 11.7. The molecule has 8 nitrogen and oxygen atoms in total. The maximum absolute atomic E-state index is 12.8. The van der Waals surface area contributed by atoms with Crippen molar-refractivity contribution in [1.82, 2.24) is 19.3 Å². The van der Waals surface area contributed by atoms with Crippen LogP contribution in [0.1, 0.15) is 10.4 Å². The molecule has 1 aromatic carbocycles. The molecule has 0 radical (unpaired) electrons. The second kappa shape index (κ2) is 6.60. The number of carbonyl (C=O) groups is 1. The van der Waals surface area contributed by atoms with Crippen LogP contribution in [0.3, 0.4) is 0 Å². The zero-order chi connectivity index (χ0) is 19.1. The highest BCUT2D eigenvalue weighted by Crippen LogP contribution is 2.30. The molecule has 9 heteroatoms. The van der Waals surface area contributed by atoms with Gasteiger partial charge in [-0.1, -0.05) is 12.1 Å². The first-order valence-electron chi connectivity index (χ1n) is 8.21. The lowest BCUT2D eigenvalue weighted by atomic mass is 10.2.